The van der Waals surface area contributed by atoms with Crippen molar-refractivity contribution in [1.82, 2.24) is 20.0 Å². The van der Waals surface area contributed by atoms with E-state index >= 15 is 0 Å². The lowest BCUT2D eigenvalue weighted by molar-refractivity contribution is 0.0951. The van der Waals surface area contributed by atoms with Crippen LogP contribution in [-0.4, -0.2) is 53.4 Å². The quantitative estimate of drug-likeness (QED) is 0.418. The monoisotopic (exact) mass is 383 g/mol. The van der Waals surface area contributed by atoms with Gasteiger partial charge in [-0.3, -0.25) is 9.59 Å². The Kier molecular flexibility index (Phi) is 5.80. The highest BCUT2D eigenvalue weighted by atomic mass is 32.2. The average molecular weight is 383 g/mol. The van der Waals surface area contributed by atoms with E-state index < -0.39 is 21.5 Å². The fourth-order valence-electron chi connectivity index (χ4n) is 2.48. The zero-order valence-electron chi connectivity index (χ0n) is 14.9. The van der Waals surface area contributed by atoms with E-state index in [-0.39, 0.29) is 35.1 Å². The minimum atomic E-state index is -3.37. The number of aromatic nitrogens is 3. The number of hydrazone groups is 1. The second-order valence-corrected chi connectivity index (χ2v) is 8.11. The highest BCUT2D eigenvalue weighted by Crippen LogP contribution is 2.24. The Balaban J connectivity index is 2.40. The zero-order chi connectivity index (χ0) is 19.5. The first-order valence-corrected chi connectivity index (χ1v) is 9.96. The second kappa shape index (κ2) is 7.68. The van der Waals surface area contributed by atoms with Crippen molar-refractivity contribution >= 4 is 27.2 Å². The summed E-state index contributed by atoms with van der Waals surface area (Å²) in [6.07, 6.45) is 3.71. The molecule has 2 aromatic rings. The van der Waals surface area contributed by atoms with E-state index in [0.29, 0.717) is 5.56 Å². The molecule has 0 aliphatic carbocycles. The SMILES string of the molecule is CCOC(CS(C)(=O)=O)=NNC(=O)c1cn2nc[nH]c(=O)c2c1C(C)C. The molecule has 0 aliphatic heterocycles. The van der Waals surface area contributed by atoms with E-state index in [1.54, 1.807) is 6.92 Å². The van der Waals surface area contributed by atoms with E-state index in [1.807, 2.05) is 13.8 Å². The van der Waals surface area contributed by atoms with Crippen molar-refractivity contribution in [3.8, 4) is 0 Å². The van der Waals surface area contributed by atoms with E-state index in [2.05, 4.69) is 20.6 Å². The fraction of sp³-hybridized carbons (Fsp3) is 0.467. The molecular formula is C15H21N5O5S. The van der Waals surface area contributed by atoms with Gasteiger partial charge in [-0.1, -0.05) is 13.8 Å². The number of ether oxygens (including phenoxy) is 1. The van der Waals surface area contributed by atoms with Crippen LogP contribution in [0.15, 0.2) is 22.4 Å². The molecule has 2 rings (SSSR count). The molecule has 0 aliphatic rings. The van der Waals surface area contributed by atoms with Crippen LogP contribution in [0.4, 0.5) is 0 Å². The first kappa shape index (κ1) is 19.6. The van der Waals surface area contributed by atoms with Crippen molar-refractivity contribution in [3.05, 3.63) is 34.0 Å². The number of nitrogens with one attached hydrogen (secondary N) is 2. The molecule has 26 heavy (non-hydrogen) atoms. The first-order valence-electron chi connectivity index (χ1n) is 7.90. The smallest absolute Gasteiger partial charge is 0.275 e. The number of hydrogen-bond acceptors (Lipinski definition) is 7. The number of carbonyl (C=O) groups excluding carboxylic acids is 1. The minimum Gasteiger partial charge on any atom is -0.479 e. The van der Waals surface area contributed by atoms with Crippen LogP contribution in [0.3, 0.4) is 0 Å². The Morgan fingerprint density at radius 3 is 2.73 bits per heavy atom. The molecule has 142 valence electrons. The molecule has 0 fully saturated rings. The van der Waals surface area contributed by atoms with E-state index in [9.17, 15) is 18.0 Å². The van der Waals surface area contributed by atoms with Crippen LogP contribution in [0.1, 0.15) is 42.6 Å². The molecule has 11 heteroatoms. The molecule has 0 radical (unpaired) electrons. The lowest BCUT2D eigenvalue weighted by Crippen LogP contribution is -2.25. The predicted molar refractivity (Wildman–Crippen MR) is 96.1 cm³/mol. The number of carbonyl (C=O) groups is 1. The molecule has 0 unspecified atom stereocenters. The number of aromatic amines is 1. The van der Waals surface area contributed by atoms with Crippen LogP contribution in [0, 0.1) is 0 Å². The molecule has 2 heterocycles. The standard InChI is InChI=1S/C15H21N5O5S/c1-5-25-11(7-26(4,23)24)18-19-14(21)10-6-20-13(12(10)9(2)3)15(22)16-8-17-20/h6,8-9H,5,7H2,1-4H3,(H,19,21)(H,16,17,22). The van der Waals surface area contributed by atoms with Crippen LogP contribution in [0.25, 0.3) is 5.52 Å². The minimum absolute atomic E-state index is 0.116. The van der Waals surface area contributed by atoms with Crippen LogP contribution in [0.5, 0.6) is 0 Å². The third-order valence-electron chi connectivity index (χ3n) is 3.42. The highest BCUT2D eigenvalue weighted by Gasteiger charge is 2.22. The molecule has 2 aromatic heterocycles. The lowest BCUT2D eigenvalue weighted by atomic mass is 10.00. The molecule has 2 N–H and O–H groups in total. The van der Waals surface area contributed by atoms with Gasteiger partial charge in [0, 0.05) is 18.0 Å². The number of amides is 1. The fourth-order valence-corrected chi connectivity index (χ4v) is 3.08. The van der Waals surface area contributed by atoms with Crippen molar-refractivity contribution < 1.29 is 17.9 Å². The Morgan fingerprint density at radius 1 is 1.46 bits per heavy atom. The number of hydrogen-bond donors (Lipinski definition) is 2. The van der Waals surface area contributed by atoms with Gasteiger partial charge < -0.3 is 9.72 Å². The van der Waals surface area contributed by atoms with Crippen LogP contribution in [-0.2, 0) is 14.6 Å². The lowest BCUT2D eigenvalue weighted by Gasteiger charge is -2.08. The van der Waals surface area contributed by atoms with Crippen molar-refractivity contribution in [2.24, 2.45) is 5.10 Å². The molecule has 1 amide bonds. The van der Waals surface area contributed by atoms with Gasteiger partial charge in [-0.05, 0) is 12.8 Å². The van der Waals surface area contributed by atoms with Gasteiger partial charge in [0.25, 0.3) is 11.5 Å². The molecule has 0 atom stereocenters. The number of rotatable bonds is 6. The van der Waals surface area contributed by atoms with Crippen molar-refractivity contribution in [2.75, 3.05) is 18.6 Å². The number of H-pyrrole nitrogens is 1. The maximum atomic E-state index is 12.5. The van der Waals surface area contributed by atoms with Gasteiger partial charge in [0.05, 0.1) is 12.2 Å². The number of nitrogens with zero attached hydrogens (tertiary/aromatic N) is 3. The summed E-state index contributed by atoms with van der Waals surface area (Å²) in [5.74, 6) is -1.27. The molecular weight excluding hydrogens is 362 g/mol. The van der Waals surface area contributed by atoms with Gasteiger partial charge >= 0.3 is 0 Å². The van der Waals surface area contributed by atoms with Crippen molar-refractivity contribution in [3.63, 3.8) is 0 Å². The summed E-state index contributed by atoms with van der Waals surface area (Å²) in [4.78, 5) is 27.1. The molecule has 0 bridgehead atoms. The molecule has 0 saturated heterocycles. The second-order valence-electron chi connectivity index (χ2n) is 5.97. The number of fused-ring (bicyclic) bond motifs is 1. The molecule has 0 aromatic carbocycles. The van der Waals surface area contributed by atoms with Crippen LogP contribution < -0.4 is 11.0 Å². The summed E-state index contributed by atoms with van der Waals surface area (Å²) in [5.41, 5.74) is 2.95. The van der Waals surface area contributed by atoms with Crippen molar-refractivity contribution in [1.29, 1.82) is 0 Å². The number of sulfone groups is 1. The van der Waals surface area contributed by atoms with E-state index in [1.165, 1.54) is 17.0 Å². The van der Waals surface area contributed by atoms with Crippen LogP contribution >= 0.6 is 0 Å². The Hall–Kier alpha value is -2.69. The topological polar surface area (TPSA) is 135 Å². The summed E-state index contributed by atoms with van der Waals surface area (Å²) < 4.78 is 29.3. The van der Waals surface area contributed by atoms with Crippen molar-refractivity contribution in [2.45, 2.75) is 26.7 Å². The van der Waals surface area contributed by atoms with Gasteiger partial charge in [0.2, 0.25) is 5.90 Å². The van der Waals surface area contributed by atoms with E-state index in [0.717, 1.165) is 6.26 Å². The maximum absolute atomic E-state index is 12.5. The molecule has 0 spiro atoms. The molecule has 10 nitrogen and oxygen atoms in total. The Morgan fingerprint density at radius 2 is 2.15 bits per heavy atom. The van der Waals surface area contributed by atoms with Gasteiger partial charge in [0.1, 0.15) is 17.6 Å². The van der Waals surface area contributed by atoms with Crippen LogP contribution in [0.2, 0.25) is 0 Å². The predicted octanol–water partition coefficient (Wildman–Crippen LogP) is 0.270. The summed E-state index contributed by atoms with van der Waals surface area (Å²) in [7, 11) is -3.37. The van der Waals surface area contributed by atoms with E-state index in [4.69, 9.17) is 4.74 Å². The third kappa shape index (κ3) is 4.48. The maximum Gasteiger partial charge on any atom is 0.275 e. The summed E-state index contributed by atoms with van der Waals surface area (Å²) in [6, 6.07) is 0. The average Bonchev–Trinajstić information content (AvgIpc) is 2.92. The summed E-state index contributed by atoms with van der Waals surface area (Å²) in [6.45, 7) is 5.57. The Labute approximate surface area is 150 Å². The first-order chi connectivity index (χ1) is 12.1. The third-order valence-corrected chi connectivity index (χ3v) is 4.19. The molecule has 0 saturated carbocycles. The summed E-state index contributed by atoms with van der Waals surface area (Å²) in [5, 5.41) is 7.77. The zero-order valence-corrected chi connectivity index (χ0v) is 15.8. The van der Waals surface area contributed by atoms with Gasteiger partial charge in [0.15, 0.2) is 9.84 Å². The largest absolute Gasteiger partial charge is 0.479 e. The highest BCUT2D eigenvalue weighted by molar-refractivity contribution is 7.91. The normalized spacial score (nSPS) is 12.6. The summed E-state index contributed by atoms with van der Waals surface area (Å²) >= 11 is 0. The van der Waals surface area contributed by atoms with Gasteiger partial charge in [-0.25, -0.2) is 18.4 Å². The van der Waals surface area contributed by atoms with Gasteiger partial charge in [-0.2, -0.15) is 5.10 Å². The van der Waals surface area contributed by atoms with Gasteiger partial charge in [-0.15, -0.1) is 5.10 Å². The Bertz CT molecular complexity index is 1000.